The van der Waals surface area contributed by atoms with Crippen LogP contribution in [-0.4, -0.2) is 49.8 Å². The predicted octanol–water partition coefficient (Wildman–Crippen LogP) is 0.995. The van der Waals surface area contributed by atoms with E-state index >= 15 is 0 Å². The molecule has 6 heteroatoms. The van der Waals surface area contributed by atoms with Crippen molar-refractivity contribution in [1.29, 1.82) is 0 Å². The second-order valence-electron chi connectivity index (χ2n) is 5.27. The number of likely N-dealkylation sites (tertiary alicyclic amines) is 1. The Hall–Kier alpha value is -1.40. The van der Waals surface area contributed by atoms with Crippen LogP contribution in [0.3, 0.4) is 0 Å². The highest BCUT2D eigenvalue weighted by Gasteiger charge is 2.24. The minimum absolute atomic E-state index is 0.156. The van der Waals surface area contributed by atoms with Crippen LogP contribution in [0.4, 0.5) is 0 Å². The number of carbonyl (C=O) groups excluding carboxylic acids is 1. The summed E-state index contributed by atoms with van der Waals surface area (Å²) in [5.74, 6) is -0.167. The van der Waals surface area contributed by atoms with E-state index in [2.05, 4.69) is 0 Å². The van der Waals surface area contributed by atoms with Gasteiger partial charge >= 0.3 is 0 Å². The lowest BCUT2D eigenvalue weighted by molar-refractivity contribution is 0.0546. The second kappa shape index (κ2) is 5.54. The highest BCUT2D eigenvalue weighted by Crippen LogP contribution is 2.19. The van der Waals surface area contributed by atoms with Crippen LogP contribution < -0.4 is 0 Å². The number of piperidine rings is 1. The molecule has 0 atom stereocenters. The molecule has 0 radical (unpaired) electrons. The molecule has 5 nitrogen and oxygen atoms in total. The number of aryl methyl sites for hydroxylation is 1. The van der Waals surface area contributed by atoms with Crippen LogP contribution in [-0.2, 0) is 9.84 Å². The molecule has 110 valence electrons. The SMILES string of the molecule is Cc1ccc(S(C)(=O)=O)cc1C(=O)N1CCC(O)CC1. The van der Waals surface area contributed by atoms with Crippen molar-refractivity contribution in [1.82, 2.24) is 4.90 Å². The Balaban J connectivity index is 2.30. The zero-order chi connectivity index (χ0) is 14.9. The fourth-order valence-corrected chi connectivity index (χ4v) is 2.95. The van der Waals surface area contributed by atoms with E-state index < -0.39 is 9.84 Å². The van der Waals surface area contributed by atoms with Crippen LogP contribution >= 0.6 is 0 Å². The summed E-state index contributed by atoms with van der Waals surface area (Å²) in [5.41, 5.74) is 1.18. The van der Waals surface area contributed by atoms with Crippen molar-refractivity contribution >= 4 is 15.7 Å². The summed E-state index contributed by atoms with van der Waals surface area (Å²) in [4.78, 5) is 14.3. The van der Waals surface area contributed by atoms with Crippen molar-refractivity contribution in [3.8, 4) is 0 Å². The Morgan fingerprint density at radius 1 is 1.30 bits per heavy atom. The Morgan fingerprint density at radius 3 is 2.45 bits per heavy atom. The van der Waals surface area contributed by atoms with E-state index in [1.807, 2.05) is 0 Å². The molecule has 1 aliphatic rings. The molecule has 0 bridgehead atoms. The number of nitrogens with zero attached hydrogens (tertiary/aromatic N) is 1. The van der Waals surface area contributed by atoms with E-state index in [0.29, 0.717) is 31.5 Å². The molecular weight excluding hydrogens is 278 g/mol. The first kappa shape index (κ1) is 15.0. The molecule has 1 aromatic carbocycles. The van der Waals surface area contributed by atoms with Gasteiger partial charge in [0.25, 0.3) is 5.91 Å². The van der Waals surface area contributed by atoms with Crippen LogP contribution in [0.1, 0.15) is 28.8 Å². The van der Waals surface area contributed by atoms with Crippen LogP contribution in [0.5, 0.6) is 0 Å². The lowest BCUT2D eigenvalue weighted by Crippen LogP contribution is -2.40. The molecule has 1 saturated heterocycles. The number of carbonyl (C=O) groups is 1. The molecule has 1 aromatic rings. The normalized spacial score (nSPS) is 17.2. The maximum absolute atomic E-state index is 12.5. The third-order valence-electron chi connectivity index (χ3n) is 3.62. The second-order valence-corrected chi connectivity index (χ2v) is 7.29. The summed E-state index contributed by atoms with van der Waals surface area (Å²) < 4.78 is 23.2. The number of benzene rings is 1. The summed E-state index contributed by atoms with van der Waals surface area (Å²) in [5, 5.41) is 9.47. The van der Waals surface area contributed by atoms with Crippen molar-refractivity contribution in [2.45, 2.75) is 30.8 Å². The third-order valence-corrected chi connectivity index (χ3v) is 4.73. The Kier molecular flexibility index (Phi) is 4.15. The van der Waals surface area contributed by atoms with Gasteiger partial charge < -0.3 is 10.0 Å². The molecule has 1 heterocycles. The van der Waals surface area contributed by atoms with Crippen molar-refractivity contribution in [3.05, 3.63) is 29.3 Å². The minimum Gasteiger partial charge on any atom is -0.393 e. The highest BCUT2D eigenvalue weighted by molar-refractivity contribution is 7.90. The molecule has 1 fully saturated rings. The average Bonchev–Trinajstić information content (AvgIpc) is 2.38. The van der Waals surface area contributed by atoms with Crippen molar-refractivity contribution in [2.24, 2.45) is 0 Å². The van der Waals surface area contributed by atoms with Gasteiger partial charge in [-0.25, -0.2) is 8.42 Å². The largest absolute Gasteiger partial charge is 0.393 e. The number of rotatable bonds is 2. The van der Waals surface area contributed by atoms with Gasteiger partial charge in [-0.15, -0.1) is 0 Å². The van der Waals surface area contributed by atoms with E-state index in [1.54, 1.807) is 17.9 Å². The lowest BCUT2D eigenvalue weighted by atomic mass is 10.0. The van der Waals surface area contributed by atoms with Crippen LogP contribution in [0.25, 0.3) is 0 Å². The summed E-state index contributed by atoms with van der Waals surface area (Å²) in [6.45, 7) is 2.79. The number of aliphatic hydroxyl groups is 1. The first-order chi connectivity index (χ1) is 9.29. The molecule has 0 aliphatic carbocycles. The summed E-state index contributed by atoms with van der Waals surface area (Å²) in [7, 11) is -3.33. The van der Waals surface area contributed by atoms with Gasteiger partial charge in [0.1, 0.15) is 0 Å². The quantitative estimate of drug-likeness (QED) is 0.883. The topological polar surface area (TPSA) is 74.7 Å². The van der Waals surface area contributed by atoms with Gasteiger partial charge in [-0.1, -0.05) is 6.07 Å². The summed E-state index contributed by atoms with van der Waals surface area (Å²) >= 11 is 0. The van der Waals surface area contributed by atoms with Crippen molar-refractivity contribution in [3.63, 3.8) is 0 Å². The number of amides is 1. The zero-order valence-electron chi connectivity index (χ0n) is 11.7. The Labute approximate surface area is 119 Å². The fraction of sp³-hybridized carbons (Fsp3) is 0.500. The Morgan fingerprint density at radius 2 is 1.90 bits per heavy atom. The average molecular weight is 297 g/mol. The molecule has 0 saturated carbocycles. The van der Waals surface area contributed by atoms with Crippen LogP contribution in [0.2, 0.25) is 0 Å². The van der Waals surface area contributed by atoms with Gasteiger partial charge in [-0.05, 0) is 37.5 Å². The van der Waals surface area contributed by atoms with Crippen molar-refractivity contribution in [2.75, 3.05) is 19.3 Å². The summed E-state index contributed by atoms with van der Waals surface area (Å²) in [6, 6.07) is 4.61. The third kappa shape index (κ3) is 3.19. The van der Waals surface area contributed by atoms with Crippen LogP contribution in [0.15, 0.2) is 23.1 Å². The van der Waals surface area contributed by atoms with Gasteiger partial charge in [-0.3, -0.25) is 4.79 Å². The first-order valence-electron chi connectivity index (χ1n) is 6.57. The predicted molar refractivity (Wildman–Crippen MR) is 75.4 cm³/mol. The zero-order valence-corrected chi connectivity index (χ0v) is 12.5. The standard InChI is InChI=1S/C14H19NO4S/c1-10-3-4-12(20(2,18)19)9-13(10)14(17)15-7-5-11(16)6-8-15/h3-4,9,11,16H,5-8H2,1-2H3. The molecule has 2 rings (SSSR count). The highest BCUT2D eigenvalue weighted by atomic mass is 32.2. The summed E-state index contributed by atoms with van der Waals surface area (Å²) in [6.07, 6.45) is 1.92. The molecule has 1 N–H and O–H groups in total. The smallest absolute Gasteiger partial charge is 0.254 e. The van der Waals surface area contributed by atoms with Gasteiger partial charge in [-0.2, -0.15) is 0 Å². The molecule has 20 heavy (non-hydrogen) atoms. The lowest BCUT2D eigenvalue weighted by Gasteiger charge is -2.30. The Bertz CT molecular complexity index is 616. The van der Waals surface area contributed by atoms with E-state index in [0.717, 1.165) is 11.8 Å². The van der Waals surface area contributed by atoms with E-state index in [1.165, 1.54) is 12.1 Å². The molecule has 0 unspecified atom stereocenters. The molecular formula is C14H19NO4S. The molecule has 0 spiro atoms. The maximum atomic E-state index is 12.5. The number of hydrogen-bond acceptors (Lipinski definition) is 4. The van der Waals surface area contributed by atoms with Crippen LogP contribution in [0, 0.1) is 6.92 Å². The molecule has 1 amide bonds. The number of aliphatic hydroxyl groups excluding tert-OH is 1. The van der Waals surface area contributed by atoms with E-state index in [-0.39, 0.29) is 16.9 Å². The number of sulfone groups is 1. The van der Waals surface area contributed by atoms with E-state index in [4.69, 9.17) is 0 Å². The minimum atomic E-state index is -3.33. The van der Waals surface area contributed by atoms with Crippen molar-refractivity contribution < 1.29 is 18.3 Å². The van der Waals surface area contributed by atoms with Gasteiger partial charge in [0, 0.05) is 24.9 Å². The van der Waals surface area contributed by atoms with Gasteiger partial charge in [0.2, 0.25) is 0 Å². The van der Waals surface area contributed by atoms with Gasteiger partial charge in [0.15, 0.2) is 9.84 Å². The first-order valence-corrected chi connectivity index (χ1v) is 8.46. The molecule has 0 aromatic heterocycles. The number of hydrogen-bond donors (Lipinski definition) is 1. The van der Waals surface area contributed by atoms with E-state index in [9.17, 15) is 18.3 Å². The van der Waals surface area contributed by atoms with Gasteiger partial charge in [0.05, 0.1) is 11.0 Å². The maximum Gasteiger partial charge on any atom is 0.254 e. The molecule has 1 aliphatic heterocycles. The fourth-order valence-electron chi connectivity index (χ4n) is 2.30. The monoisotopic (exact) mass is 297 g/mol.